The van der Waals surface area contributed by atoms with Crippen LogP contribution in [0.4, 0.5) is 50.4 Å². The molecule has 4 radical (unpaired) electrons. The van der Waals surface area contributed by atoms with Crippen LogP contribution in [-0.4, -0.2) is 39.3 Å². The van der Waals surface area contributed by atoms with E-state index in [-0.39, 0.29) is 5.48 Å². The fraction of sp³-hybridized carbons (Fsp3) is 1.00. The third-order valence-electron chi connectivity index (χ3n) is 2.87. The standard InChI is InChI=1S/3C4H9N.2F6P.O/c3*1-2-4-5-3-1;2*1-7(2,3,4,5)6;/h3*5H,1-4H2;;;/q;;;2*-1;+2. The molecule has 0 bridgehead atoms. The van der Waals surface area contributed by atoms with Crippen LogP contribution in [0.25, 0.3) is 0 Å². The molecule has 3 rings (SSSR count). The van der Waals surface area contributed by atoms with E-state index >= 15 is 0 Å². The van der Waals surface area contributed by atoms with E-state index in [1.54, 1.807) is 0 Å². The van der Waals surface area contributed by atoms with E-state index in [9.17, 15) is 50.4 Å². The van der Waals surface area contributed by atoms with Crippen molar-refractivity contribution in [1.29, 1.82) is 0 Å². The van der Waals surface area contributed by atoms with Gasteiger partial charge >= 0.3 is 71.5 Å². The summed E-state index contributed by atoms with van der Waals surface area (Å²) in [6.45, 7) is 7.50. The quantitative estimate of drug-likeness (QED) is 0.227. The molecule has 190 valence electrons. The molecule has 0 saturated carbocycles. The fourth-order valence-corrected chi connectivity index (χ4v) is 1.87. The van der Waals surface area contributed by atoms with Crippen LogP contribution in [0.15, 0.2) is 0 Å². The molecule has 3 aliphatic rings. The van der Waals surface area contributed by atoms with Crippen molar-refractivity contribution in [3.63, 3.8) is 0 Å². The molecule has 0 amide bonds. The molecule has 3 N–H and O–H groups in total. The van der Waals surface area contributed by atoms with Crippen LogP contribution in [0.2, 0.25) is 0 Å². The first-order chi connectivity index (χ1) is 12.4. The van der Waals surface area contributed by atoms with E-state index in [0.29, 0.717) is 0 Å². The summed E-state index contributed by atoms with van der Waals surface area (Å²) in [5.41, 5.74) is 0. The van der Waals surface area contributed by atoms with Gasteiger partial charge in [-0.3, -0.25) is 0 Å². The monoisotopic (exact) mass is 519 g/mol. The van der Waals surface area contributed by atoms with Crippen molar-refractivity contribution in [3.8, 4) is 0 Å². The molecule has 3 heterocycles. The molecule has 3 aliphatic heterocycles. The SMILES string of the molecule is C1CCNC1.C1CCNC1.C1CCNC1.F[P-](F)(F)(F)(F)F.F[P-](F)(F)(F)(F)F.[O+2]. The summed E-state index contributed by atoms with van der Waals surface area (Å²) < 4.78 is 118. The number of hydrogen-bond donors (Lipinski definition) is 3. The second-order valence-corrected chi connectivity index (χ2v) is 10.1. The van der Waals surface area contributed by atoms with Crippen molar-refractivity contribution in [2.45, 2.75) is 38.5 Å². The predicted octanol–water partition coefficient (Wildman–Crippen LogP) is 7.76. The Morgan fingerprint density at radius 2 is 0.433 bits per heavy atom. The first kappa shape index (κ1) is 34.5. The average molecular weight is 519 g/mol. The van der Waals surface area contributed by atoms with Gasteiger partial charge in [0.05, 0.1) is 0 Å². The minimum atomic E-state index is -10.7. The molecule has 0 aromatic heterocycles. The zero-order chi connectivity index (χ0) is 23.4. The van der Waals surface area contributed by atoms with Gasteiger partial charge in [-0.2, -0.15) is 0 Å². The van der Waals surface area contributed by atoms with E-state index in [0.717, 1.165) is 0 Å². The van der Waals surface area contributed by atoms with Gasteiger partial charge in [0.1, 0.15) is 0 Å². The summed E-state index contributed by atoms with van der Waals surface area (Å²) in [5.74, 6) is 0. The summed E-state index contributed by atoms with van der Waals surface area (Å²) >= 11 is 0. The van der Waals surface area contributed by atoms with Crippen molar-refractivity contribution in [2.24, 2.45) is 0 Å². The van der Waals surface area contributed by atoms with Gasteiger partial charge in [-0.05, 0) is 77.8 Å². The van der Waals surface area contributed by atoms with Crippen molar-refractivity contribution in [3.05, 3.63) is 0 Å². The molecule has 4 nitrogen and oxygen atoms in total. The Hall–Kier alpha value is -0.140. The summed E-state index contributed by atoms with van der Waals surface area (Å²) in [5, 5.41) is 9.67. The Morgan fingerprint density at radius 3 is 0.467 bits per heavy atom. The molecule has 30 heavy (non-hydrogen) atoms. The predicted molar refractivity (Wildman–Crippen MR) is 94.1 cm³/mol. The van der Waals surface area contributed by atoms with Crippen LogP contribution in [0, 0.1) is 0 Å². The number of nitrogens with one attached hydrogen (secondary N) is 3. The smallest absolute Gasteiger partial charge is 2.00 e. The first-order valence-corrected chi connectivity index (χ1v) is 12.7. The zero-order valence-corrected chi connectivity index (χ0v) is 17.6. The largest absolute Gasteiger partial charge is 2.00 e. The number of halogens is 12. The van der Waals surface area contributed by atoms with E-state index in [1.807, 2.05) is 0 Å². The minimum Gasteiger partial charge on any atom is 2.00 e. The first-order valence-electron chi connectivity index (χ1n) is 8.65. The van der Waals surface area contributed by atoms with Crippen molar-refractivity contribution < 1.29 is 55.8 Å². The van der Waals surface area contributed by atoms with Crippen LogP contribution in [0.5, 0.6) is 0 Å². The second-order valence-electron chi connectivity index (χ2n) is 6.29. The summed E-state index contributed by atoms with van der Waals surface area (Å²) in [6, 6.07) is 0. The molecule has 3 saturated heterocycles. The molecule has 0 spiro atoms. The van der Waals surface area contributed by atoms with Gasteiger partial charge in [0, 0.05) is 0 Å². The molecule has 0 aromatic carbocycles. The molecule has 0 aromatic rings. The van der Waals surface area contributed by atoms with E-state index in [2.05, 4.69) is 16.0 Å². The Labute approximate surface area is 166 Å². The van der Waals surface area contributed by atoms with Gasteiger partial charge in [-0.15, -0.1) is 0 Å². The Bertz CT molecular complexity index is 343. The molecule has 0 aliphatic carbocycles. The van der Waals surface area contributed by atoms with Crippen molar-refractivity contribution in [2.75, 3.05) is 39.3 Å². The van der Waals surface area contributed by atoms with E-state index in [4.69, 9.17) is 0 Å². The van der Waals surface area contributed by atoms with E-state index < -0.39 is 15.6 Å². The van der Waals surface area contributed by atoms with Gasteiger partial charge in [0.25, 0.3) is 0 Å². The summed E-state index contributed by atoms with van der Waals surface area (Å²) in [7, 11) is -21.3. The second kappa shape index (κ2) is 11.1. The average Bonchev–Trinajstić information content (AvgIpc) is 3.21. The van der Waals surface area contributed by atoms with Crippen molar-refractivity contribution in [1.82, 2.24) is 16.0 Å². The van der Waals surface area contributed by atoms with Crippen LogP contribution in [-0.2, 0) is 5.48 Å². The van der Waals surface area contributed by atoms with Gasteiger partial charge in [-0.25, -0.2) is 0 Å². The maximum absolute atomic E-state index is 10.7. The maximum Gasteiger partial charge on any atom is 2.00 e. The van der Waals surface area contributed by atoms with Gasteiger partial charge in [0.15, 0.2) is 0 Å². The molecule has 0 atom stereocenters. The summed E-state index contributed by atoms with van der Waals surface area (Å²) in [4.78, 5) is 0. The minimum absolute atomic E-state index is 0. The molecular formula is C12H27F12N3OP2. The van der Waals surface area contributed by atoms with Crippen LogP contribution in [0.1, 0.15) is 38.5 Å². The third kappa shape index (κ3) is 91.0. The number of rotatable bonds is 0. The third-order valence-corrected chi connectivity index (χ3v) is 2.87. The molecule has 3 fully saturated rings. The van der Waals surface area contributed by atoms with Gasteiger partial charge < -0.3 is 16.0 Å². The van der Waals surface area contributed by atoms with Crippen molar-refractivity contribution >= 4 is 15.6 Å². The topological polar surface area (TPSA) is 64.6 Å². The van der Waals surface area contributed by atoms with E-state index in [1.165, 1.54) is 77.8 Å². The Balaban J connectivity index is -0.000000303. The Morgan fingerprint density at radius 1 is 0.333 bits per heavy atom. The molecule has 18 heteroatoms. The fourth-order valence-electron chi connectivity index (χ4n) is 1.87. The zero-order valence-electron chi connectivity index (χ0n) is 15.8. The molecule has 0 unspecified atom stereocenters. The molecular weight excluding hydrogens is 492 g/mol. The van der Waals surface area contributed by atoms with Gasteiger partial charge in [0.2, 0.25) is 0 Å². The van der Waals surface area contributed by atoms with Gasteiger partial charge in [-0.1, -0.05) is 0 Å². The summed E-state index contributed by atoms with van der Waals surface area (Å²) in [6.07, 6.45) is 8.33. The van der Waals surface area contributed by atoms with Crippen LogP contribution < -0.4 is 16.0 Å². The number of hydrogen-bond acceptors (Lipinski definition) is 3. The maximum atomic E-state index is 9.87. The van der Waals surface area contributed by atoms with Crippen LogP contribution in [0.3, 0.4) is 0 Å². The normalized spacial score (nSPS) is 22.8. The Kier molecular flexibility index (Phi) is 12.8. The van der Waals surface area contributed by atoms with Crippen LogP contribution >= 0.6 is 15.6 Å².